The van der Waals surface area contributed by atoms with Gasteiger partial charge in [-0.15, -0.1) is 9.66 Å². The Labute approximate surface area is 69.2 Å². The van der Waals surface area contributed by atoms with E-state index in [4.69, 9.17) is 0 Å². The second-order valence-electron chi connectivity index (χ2n) is 1.11. The van der Waals surface area contributed by atoms with Crippen molar-refractivity contribution in [3.05, 3.63) is 0 Å². The molecule has 12 heteroatoms. The van der Waals surface area contributed by atoms with Gasteiger partial charge in [0.15, 0.2) is 20.6 Å². The van der Waals surface area contributed by atoms with E-state index in [1.807, 2.05) is 0 Å². The maximum absolute atomic E-state index is 9.55. The molecule has 12 heavy (non-hydrogen) atoms. The molecule has 0 atom stereocenters. The van der Waals surface area contributed by atoms with Crippen LogP contribution >= 0.6 is 0 Å². The van der Waals surface area contributed by atoms with Crippen LogP contribution in [0, 0.1) is 0 Å². The largest absolute Gasteiger partial charge is 0.734 e. The van der Waals surface area contributed by atoms with Crippen LogP contribution in [0.25, 0.3) is 0 Å². The summed E-state index contributed by atoms with van der Waals surface area (Å²) in [6.45, 7) is 0. The van der Waals surface area contributed by atoms with Gasteiger partial charge in [0.1, 0.15) is 0 Å². The summed E-state index contributed by atoms with van der Waals surface area (Å²) in [4.78, 5) is 1.46. The zero-order valence-electron chi connectivity index (χ0n) is 6.27. The minimum absolute atomic E-state index is 0. The van der Waals surface area contributed by atoms with Gasteiger partial charge >= 0.3 is 0 Å². The predicted molar refractivity (Wildman–Crippen MR) is 37.6 cm³/mol. The lowest BCUT2D eigenvalue weighted by atomic mass is 13.0. The molecule has 10 nitrogen and oxygen atoms in total. The first-order valence-corrected chi connectivity index (χ1v) is 4.47. The Morgan fingerprint density at radius 1 is 0.750 bits per heavy atom. The fraction of sp³-hybridized carbons (Fsp3) is 0. The molecule has 0 aromatic rings. The molecule has 0 amide bonds. The molecule has 0 aromatic carbocycles. The third-order valence-corrected chi connectivity index (χ3v) is 1.12. The second-order valence-corrected chi connectivity index (χ2v) is 3.34. The molecule has 0 spiro atoms. The van der Waals surface area contributed by atoms with Gasteiger partial charge in [-0.25, -0.2) is 16.8 Å². The van der Waals surface area contributed by atoms with Gasteiger partial charge in [0.05, 0.1) is 0 Å². The highest BCUT2D eigenvalue weighted by Crippen LogP contribution is 1.70. The summed E-state index contributed by atoms with van der Waals surface area (Å²) in [6.07, 6.45) is 0. The van der Waals surface area contributed by atoms with Crippen LogP contribution in [0.1, 0.15) is 0 Å². The Morgan fingerprint density at radius 3 is 1.00 bits per heavy atom. The lowest BCUT2D eigenvalue weighted by Crippen LogP contribution is -2.40. The van der Waals surface area contributed by atoms with E-state index in [0.29, 0.717) is 0 Å². The third-order valence-electron chi connectivity index (χ3n) is 0.292. The van der Waals surface area contributed by atoms with E-state index in [1.165, 1.54) is 0 Å². The lowest BCUT2D eigenvalue weighted by molar-refractivity contribution is 0.421. The second kappa shape index (κ2) is 5.33. The number of hydrazine groups is 1. The van der Waals surface area contributed by atoms with Crippen molar-refractivity contribution >= 4 is 20.6 Å². The minimum atomic E-state index is -4.95. The zero-order chi connectivity index (χ0) is 8.41. The van der Waals surface area contributed by atoms with Crippen LogP contribution in [0.15, 0.2) is 0 Å². The molecule has 0 saturated heterocycles. The number of rotatable bonds is 3. The van der Waals surface area contributed by atoms with Crippen molar-refractivity contribution in [1.82, 2.24) is 22.0 Å². The summed E-state index contributed by atoms with van der Waals surface area (Å²) < 4.78 is 57.3. The van der Waals surface area contributed by atoms with Crippen molar-refractivity contribution in [2.24, 2.45) is 0 Å². The molecule has 0 aromatic heterocycles. The van der Waals surface area contributed by atoms with Crippen molar-refractivity contribution < 1.29 is 25.9 Å². The smallest absolute Gasteiger partial charge is 0.173 e. The Hall–Kier alpha value is -0.340. The highest BCUT2D eigenvalue weighted by atomic mass is 32.2. The van der Waals surface area contributed by atoms with Gasteiger partial charge in [-0.1, -0.05) is 0 Å². The highest BCUT2D eigenvalue weighted by Gasteiger charge is 1.94. The SMILES string of the molecule is O=S(=O)([O-])NNS(=O)(=O)[O-].[NH4+].[NH4+]. The molecule has 0 heterocycles. The van der Waals surface area contributed by atoms with Gasteiger partial charge in [0.2, 0.25) is 0 Å². The third kappa shape index (κ3) is 16.3. The van der Waals surface area contributed by atoms with E-state index in [0.717, 1.165) is 9.66 Å². The molecule has 0 rings (SSSR count). The quantitative estimate of drug-likeness (QED) is 0.308. The van der Waals surface area contributed by atoms with Gasteiger partial charge in [0, 0.05) is 0 Å². The van der Waals surface area contributed by atoms with Crippen molar-refractivity contribution in [1.29, 1.82) is 0 Å². The molecular weight excluding hydrogens is 216 g/mol. The maximum atomic E-state index is 9.55. The normalized spacial score (nSPS) is 11.2. The van der Waals surface area contributed by atoms with E-state index in [9.17, 15) is 25.9 Å². The van der Waals surface area contributed by atoms with E-state index < -0.39 is 20.6 Å². The summed E-state index contributed by atoms with van der Waals surface area (Å²) in [5.41, 5.74) is 0. The van der Waals surface area contributed by atoms with Gasteiger partial charge in [-0.3, -0.25) is 0 Å². The van der Waals surface area contributed by atoms with Crippen LogP contribution in [-0.4, -0.2) is 25.9 Å². The summed E-state index contributed by atoms with van der Waals surface area (Å²) in [6, 6.07) is 0. The Kier molecular flexibility index (Phi) is 7.85. The molecular formula is H10N4O6S2. The van der Waals surface area contributed by atoms with Crippen molar-refractivity contribution in [2.75, 3.05) is 0 Å². The van der Waals surface area contributed by atoms with E-state index in [1.54, 1.807) is 0 Å². The fourth-order valence-electron chi connectivity index (χ4n) is 0.102. The average molecular weight is 226 g/mol. The molecule has 0 unspecified atom stereocenters. The molecule has 0 saturated carbocycles. The van der Waals surface area contributed by atoms with Gasteiger partial charge in [-0.05, 0) is 0 Å². The maximum Gasteiger partial charge on any atom is 0.173 e. The van der Waals surface area contributed by atoms with Crippen LogP contribution in [0.5, 0.6) is 0 Å². The van der Waals surface area contributed by atoms with Crippen LogP contribution < -0.4 is 22.0 Å². The molecule has 10 N–H and O–H groups in total. The number of hydrogen-bond donors (Lipinski definition) is 4. The van der Waals surface area contributed by atoms with Crippen molar-refractivity contribution in [2.45, 2.75) is 0 Å². The number of hydrogen-bond acceptors (Lipinski definition) is 6. The first kappa shape index (κ1) is 17.7. The summed E-state index contributed by atoms with van der Waals surface area (Å²) in [5.74, 6) is 0. The van der Waals surface area contributed by atoms with Gasteiger partial charge < -0.3 is 21.4 Å². The molecule has 0 fully saturated rings. The Balaban J connectivity index is -0.000000405. The summed E-state index contributed by atoms with van der Waals surface area (Å²) >= 11 is 0. The van der Waals surface area contributed by atoms with Crippen LogP contribution in [-0.2, 0) is 20.6 Å². The van der Waals surface area contributed by atoms with E-state index in [2.05, 4.69) is 0 Å². The first-order chi connectivity index (χ1) is 4.21. The molecule has 0 radical (unpaired) electrons. The molecule has 0 aliphatic rings. The van der Waals surface area contributed by atoms with Gasteiger partial charge in [0.25, 0.3) is 0 Å². The Bertz CT molecular complexity index is 254. The van der Waals surface area contributed by atoms with E-state index >= 15 is 0 Å². The molecule has 78 valence electrons. The summed E-state index contributed by atoms with van der Waals surface area (Å²) in [5, 5.41) is 0. The lowest BCUT2D eigenvalue weighted by Gasteiger charge is -2.11. The molecule has 0 bridgehead atoms. The van der Waals surface area contributed by atoms with Crippen LogP contribution in [0.3, 0.4) is 0 Å². The number of nitrogens with one attached hydrogen (secondary N) is 2. The first-order valence-electron chi connectivity index (χ1n) is 1.66. The Morgan fingerprint density at radius 2 is 0.917 bits per heavy atom. The zero-order valence-corrected chi connectivity index (χ0v) is 7.90. The molecule has 0 aliphatic carbocycles. The number of quaternary nitrogens is 2. The summed E-state index contributed by atoms with van der Waals surface area (Å²) in [7, 11) is -9.90. The van der Waals surface area contributed by atoms with Crippen molar-refractivity contribution in [3.63, 3.8) is 0 Å². The minimum Gasteiger partial charge on any atom is -0.734 e. The van der Waals surface area contributed by atoms with Gasteiger partial charge in [-0.2, -0.15) is 0 Å². The standard InChI is InChI=1S/H4N2O6S2.2H3N/c3-9(4,5)1-2-10(6,7)8;;/h1-2H,(H,3,4,5)(H,6,7,8);2*1H3. The average Bonchev–Trinajstić information content (AvgIpc) is 1.57. The van der Waals surface area contributed by atoms with E-state index in [-0.39, 0.29) is 12.3 Å². The fourth-order valence-corrected chi connectivity index (χ4v) is 0.919. The van der Waals surface area contributed by atoms with Crippen LogP contribution in [0.4, 0.5) is 0 Å². The van der Waals surface area contributed by atoms with Crippen molar-refractivity contribution in [3.8, 4) is 0 Å². The van der Waals surface area contributed by atoms with Crippen LogP contribution in [0.2, 0.25) is 0 Å². The predicted octanol–water partition coefficient (Wildman–Crippen LogP) is -2.25. The monoisotopic (exact) mass is 226 g/mol. The molecule has 0 aliphatic heterocycles. The highest BCUT2D eigenvalue weighted by molar-refractivity contribution is 7.86. The topological polar surface area (TPSA) is 211 Å².